The van der Waals surface area contributed by atoms with Gasteiger partial charge < -0.3 is 5.32 Å². The quantitative estimate of drug-likeness (QED) is 0.850. The number of rotatable bonds is 4. The molecule has 1 N–H and O–H groups in total. The number of hydrogen-bond acceptors (Lipinski definition) is 2. The average molecular weight is 324 g/mol. The van der Waals surface area contributed by atoms with E-state index in [2.05, 4.69) is 28.9 Å². The standard InChI is InChI=1S/C14H19ClN2.2ClH/c1-2-5-14(17-10-8-16-9-11-17)12-6-3-4-7-13(12)15;;/h2-4,6-7,14,16H,1,5,8-11H2;2*1H/t14-;;/m1../s1. The molecule has 1 fully saturated rings. The van der Waals surface area contributed by atoms with Crippen LogP contribution in [-0.2, 0) is 0 Å². The van der Waals surface area contributed by atoms with Gasteiger partial charge in [-0.25, -0.2) is 0 Å². The van der Waals surface area contributed by atoms with E-state index in [0.717, 1.165) is 37.6 Å². The zero-order chi connectivity index (χ0) is 12.1. The molecule has 1 atom stereocenters. The molecule has 0 saturated carbocycles. The van der Waals surface area contributed by atoms with Crippen molar-refractivity contribution in [2.75, 3.05) is 26.2 Å². The molecule has 0 unspecified atom stereocenters. The van der Waals surface area contributed by atoms with Crippen LogP contribution in [0.1, 0.15) is 18.0 Å². The SMILES string of the molecule is C=CC[C@H](c1ccccc1Cl)N1CCNCC1.Cl.Cl. The number of benzene rings is 1. The van der Waals surface area contributed by atoms with Crippen LogP contribution in [-0.4, -0.2) is 31.1 Å². The highest BCUT2D eigenvalue weighted by molar-refractivity contribution is 6.31. The van der Waals surface area contributed by atoms with E-state index < -0.39 is 0 Å². The van der Waals surface area contributed by atoms with Crippen molar-refractivity contribution in [3.63, 3.8) is 0 Å². The first-order valence-corrected chi connectivity index (χ1v) is 6.51. The van der Waals surface area contributed by atoms with Gasteiger partial charge in [-0.05, 0) is 18.1 Å². The lowest BCUT2D eigenvalue weighted by atomic mass is 10.0. The molecule has 1 aromatic carbocycles. The molecule has 0 aliphatic carbocycles. The summed E-state index contributed by atoms with van der Waals surface area (Å²) in [6.45, 7) is 8.12. The van der Waals surface area contributed by atoms with Crippen LogP contribution in [0.3, 0.4) is 0 Å². The minimum absolute atomic E-state index is 0. The minimum Gasteiger partial charge on any atom is -0.314 e. The molecule has 108 valence electrons. The minimum atomic E-state index is 0. The second-order valence-electron chi connectivity index (χ2n) is 4.35. The van der Waals surface area contributed by atoms with Gasteiger partial charge in [0.15, 0.2) is 0 Å². The molecule has 1 aromatic rings. The molecule has 0 spiro atoms. The Balaban J connectivity index is 0.00000162. The highest BCUT2D eigenvalue weighted by Gasteiger charge is 2.22. The Kier molecular flexibility index (Phi) is 9.50. The number of halogens is 3. The van der Waals surface area contributed by atoms with E-state index in [1.807, 2.05) is 18.2 Å². The number of piperazine rings is 1. The molecule has 1 saturated heterocycles. The molecule has 2 nitrogen and oxygen atoms in total. The molecule has 0 aromatic heterocycles. The van der Waals surface area contributed by atoms with E-state index in [1.165, 1.54) is 5.56 Å². The van der Waals surface area contributed by atoms with Gasteiger partial charge >= 0.3 is 0 Å². The second kappa shape index (κ2) is 9.62. The van der Waals surface area contributed by atoms with Crippen molar-refractivity contribution >= 4 is 36.4 Å². The van der Waals surface area contributed by atoms with Gasteiger partial charge in [0.05, 0.1) is 0 Å². The number of nitrogens with zero attached hydrogens (tertiary/aromatic N) is 1. The first kappa shape index (κ1) is 18.8. The van der Waals surface area contributed by atoms with E-state index in [9.17, 15) is 0 Å². The third-order valence-corrected chi connectivity index (χ3v) is 3.59. The lowest BCUT2D eigenvalue weighted by molar-refractivity contribution is 0.174. The van der Waals surface area contributed by atoms with Gasteiger partial charge in [-0.3, -0.25) is 4.90 Å². The Morgan fingerprint density at radius 1 is 1.26 bits per heavy atom. The molecule has 1 aliphatic heterocycles. The summed E-state index contributed by atoms with van der Waals surface area (Å²) in [5.74, 6) is 0. The lowest BCUT2D eigenvalue weighted by Gasteiger charge is -2.35. The van der Waals surface area contributed by atoms with Crippen molar-refractivity contribution in [2.24, 2.45) is 0 Å². The maximum atomic E-state index is 6.30. The van der Waals surface area contributed by atoms with Gasteiger partial charge in [0.1, 0.15) is 0 Å². The normalized spacial score (nSPS) is 16.9. The number of nitrogens with one attached hydrogen (secondary N) is 1. The van der Waals surface area contributed by atoms with Crippen molar-refractivity contribution < 1.29 is 0 Å². The van der Waals surface area contributed by atoms with Gasteiger partial charge in [-0.2, -0.15) is 0 Å². The van der Waals surface area contributed by atoms with Crippen molar-refractivity contribution in [2.45, 2.75) is 12.5 Å². The van der Waals surface area contributed by atoms with Crippen molar-refractivity contribution in [1.82, 2.24) is 10.2 Å². The molecule has 1 heterocycles. The Labute approximate surface area is 133 Å². The topological polar surface area (TPSA) is 15.3 Å². The van der Waals surface area contributed by atoms with Crippen LogP contribution >= 0.6 is 36.4 Å². The van der Waals surface area contributed by atoms with Crippen LogP contribution in [0.2, 0.25) is 5.02 Å². The lowest BCUT2D eigenvalue weighted by Crippen LogP contribution is -2.45. The molecule has 1 aliphatic rings. The van der Waals surface area contributed by atoms with Crippen LogP contribution in [0.25, 0.3) is 0 Å². The highest BCUT2D eigenvalue weighted by atomic mass is 35.5. The summed E-state index contributed by atoms with van der Waals surface area (Å²) in [6.07, 6.45) is 2.93. The Morgan fingerprint density at radius 2 is 1.89 bits per heavy atom. The van der Waals surface area contributed by atoms with Crippen LogP contribution in [0, 0.1) is 0 Å². The largest absolute Gasteiger partial charge is 0.314 e. The van der Waals surface area contributed by atoms with Crippen molar-refractivity contribution in [3.05, 3.63) is 47.5 Å². The van der Waals surface area contributed by atoms with Gasteiger partial charge in [-0.1, -0.05) is 35.9 Å². The Morgan fingerprint density at radius 3 is 2.47 bits per heavy atom. The van der Waals surface area contributed by atoms with Crippen LogP contribution < -0.4 is 5.32 Å². The van der Waals surface area contributed by atoms with Crippen LogP contribution in [0.5, 0.6) is 0 Å². The third kappa shape index (κ3) is 4.97. The van der Waals surface area contributed by atoms with E-state index in [4.69, 9.17) is 11.6 Å². The van der Waals surface area contributed by atoms with Crippen LogP contribution in [0.15, 0.2) is 36.9 Å². The maximum Gasteiger partial charge on any atom is 0.0453 e. The van der Waals surface area contributed by atoms with Gasteiger partial charge in [0.2, 0.25) is 0 Å². The zero-order valence-electron chi connectivity index (χ0n) is 10.8. The monoisotopic (exact) mass is 322 g/mol. The van der Waals surface area contributed by atoms with E-state index in [0.29, 0.717) is 6.04 Å². The van der Waals surface area contributed by atoms with Crippen molar-refractivity contribution in [3.8, 4) is 0 Å². The summed E-state index contributed by atoms with van der Waals surface area (Å²) in [7, 11) is 0. The average Bonchev–Trinajstić information content (AvgIpc) is 2.38. The summed E-state index contributed by atoms with van der Waals surface area (Å²) >= 11 is 6.30. The molecule has 0 radical (unpaired) electrons. The van der Waals surface area contributed by atoms with Gasteiger partial charge in [0.25, 0.3) is 0 Å². The summed E-state index contributed by atoms with van der Waals surface area (Å²) < 4.78 is 0. The summed E-state index contributed by atoms with van der Waals surface area (Å²) in [6, 6.07) is 8.49. The summed E-state index contributed by atoms with van der Waals surface area (Å²) in [5, 5.41) is 4.24. The Hall–Kier alpha value is -0.250. The van der Waals surface area contributed by atoms with E-state index >= 15 is 0 Å². The third-order valence-electron chi connectivity index (χ3n) is 3.25. The van der Waals surface area contributed by atoms with Gasteiger partial charge in [-0.15, -0.1) is 31.4 Å². The molecule has 0 bridgehead atoms. The molecule has 0 amide bonds. The Bertz CT molecular complexity index is 379. The predicted molar refractivity (Wildman–Crippen MR) is 87.9 cm³/mol. The first-order chi connectivity index (χ1) is 8.33. The summed E-state index contributed by atoms with van der Waals surface area (Å²) in [5.41, 5.74) is 1.22. The smallest absolute Gasteiger partial charge is 0.0453 e. The first-order valence-electron chi connectivity index (χ1n) is 6.13. The fourth-order valence-corrected chi connectivity index (χ4v) is 2.63. The molecule has 19 heavy (non-hydrogen) atoms. The maximum absolute atomic E-state index is 6.30. The van der Waals surface area contributed by atoms with E-state index in [1.54, 1.807) is 0 Å². The number of hydrogen-bond donors (Lipinski definition) is 1. The van der Waals surface area contributed by atoms with Crippen molar-refractivity contribution in [1.29, 1.82) is 0 Å². The fraction of sp³-hybridized carbons (Fsp3) is 0.429. The molecular weight excluding hydrogens is 303 g/mol. The van der Waals surface area contributed by atoms with Crippen LogP contribution in [0.4, 0.5) is 0 Å². The zero-order valence-corrected chi connectivity index (χ0v) is 13.2. The predicted octanol–water partition coefficient (Wildman–Crippen LogP) is 3.71. The molecular formula is C14H21Cl3N2. The molecule has 5 heteroatoms. The molecule has 2 rings (SSSR count). The second-order valence-corrected chi connectivity index (χ2v) is 4.75. The van der Waals surface area contributed by atoms with E-state index in [-0.39, 0.29) is 24.8 Å². The highest BCUT2D eigenvalue weighted by Crippen LogP contribution is 2.30. The summed E-state index contributed by atoms with van der Waals surface area (Å²) in [4.78, 5) is 2.49. The fourth-order valence-electron chi connectivity index (χ4n) is 2.37. The van der Waals surface area contributed by atoms with Gasteiger partial charge in [0, 0.05) is 37.2 Å².